The van der Waals surface area contributed by atoms with E-state index in [1.54, 1.807) is 0 Å². The third-order valence-corrected chi connectivity index (χ3v) is 4.33. The van der Waals surface area contributed by atoms with Gasteiger partial charge in [-0.1, -0.05) is 19.9 Å². The molecule has 0 aromatic carbocycles. The fourth-order valence-electron chi connectivity index (χ4n) is 1.25. The van der Waals surface area contributed by atoms with Gasteiger partial charge >= 0.3 is 13.6 Å². The molecule has 0 amide bonds. The van der Waals surface area contributed by atoms with Crippen LogP contribution in [0.3, 0.4) is 0 Å². The van der Waals surface area contributed by atoms with Crippen LogP contribution in [0.25, 0.3) is 0 Å². The Morgan fingerprint density at radius 1 is 1.26 bits per heavy atom. The van der Waals surface area contributed by atoms with Crippen molar-refractivity contribution in [1.29, 1.82) is 0 Å². The molecule has 0 saturated heterocycles. The van der Waals surface area contributed by atoms with Crippen LogP contribution in [0.2, 0.25) is 0 Å². The second-order valence-corrected chi connectivity index (χ2v) is 6.25. The van der Waals surface area contributed by atoms with E-state index in [1.165, 1.54) is 14.2 Å². The summed E-state index contributed by atoms with van der Waals surface area (Å²) in [5, 5.41) is 3.14. The Morgan fingerprint density at radius 2 is 1.89 bits per heavy atom. The maximum absolute atomic E-state index is 11.8. The topological polar surface area (TPSA) is 73.9 Å². The van der Waals surface area contributed by atoms with E-state index >= 15 is 0 Å². The highest BCUT2D eigenvalue weighted by Gasteiger charge is 2.25. The summed E-state index contributed by atoms with van der Waals surface area (Å²) < 4.78 is 26.2. The second-order valence-electron chi connectivity index (χ2n) is 3.98. The van der Waals surface area contributed by atoms with Gasteiger partial charge in [-0.25, -0.2) is 4.79 Å². The van der Waals surface area contributed by atoms with E-state index in [0.717, 1.165) is 19.4 Å². The predicted molar refractivity (Wildman–Crippen MR) is 74.4 cm³/mol. The first-order chi connectivity index (χ1) is 8.99. The minimum atomic E-state index is -3.26. The van der Waals surface area contributed by atoms with Crippen molar-refractivity contribution in [2.75, 3.05) is 40.1 Å². The molecular formula is C12H24NO5P. The van der Waals surface area contributed by atoms with Crippen molar-refractivity contribution >= 4 is 13.6 Å². The molecule has 0 aliphatic carbocycles. The lowest BCUT2D eigenvalue weighted by Gasteiger charge is -2.14. The fourth-order valence-corrected chi connectivity index (χ4v) is 2.25. The fraction of sp³-hybridized carbons (Fsp3) is 0.750. The van der Waals surface area contributed by atoms with Crippen molar-refractivity contribution in [2.45, 2.75) is 19.8 Å². The van der Waals surface area contributed by atoms with Gasteiger partial charge in [-0.2, -0.15) is 0 Å². The summed E-state index contributed by atoms with van der Waals surface area (Å²) in [6.45, 7) is 7.39. The number of hydrogen-bond donors (Lipinski definition) is 1. The Bertz CT molecular complexity index is 324. The van der Waals surface area contributed by atoms with E-state index in [-0.39, 0.29) is 18.3 Å². The van der Waals surface area contributed by atoms with Gasteiger partial charge in [-0.15, -0.1) is 0 Å². The third-order valence-electron chi connectivity index (χ3n) is 2.45. The van der Waals surface area contributed by atoms with Crippen LogP contribution < -0.4 is 5.32 Å². The number of hydrogen-bond acceptors (Lipinski definition) is 6. The standard InChI is InChI=1S/C12H24NO5P/c1-5-6-7-13-8-9-18-12(14)11(2)10-19(15,16-3)17-4/h13H,2,5-10H2,1,3-4H3. The number of nitrogens with one attached hydrogen (secondary N) is 1. The monoisotopic (exact) mass is 293 g/mol. The van der Waals surface area contributed by atoms with Crippen molar-refractivity contribution < 1.29 is 23.1 Å². The molecule has 0 aliphatic rings. The molecule has 7 heteroatoms. The van der Waals surface area contributed by atoms with E-state index in [4.69, 9.17) is 13.8 Å². The second kappa shape index (κ2) is 10.1. The molecule has 0 aliphatic heterocycles. The quantitative estimate of drug-likeness (QED) is 0.272. The highest BCUT2D eigenvalue weighted by Crippen LogP contribution is 2.47. The van der Waals surface area contributed by atoms with Gasteiger partial charge in [-0.3, -0.25) is 4.57 Å². The minimum Gasteiger partial charge on any atom is -0.461 e. The van der Waals surface area contributed by atoms with Gasteiger partial charge in [0.15, 0.2) is 0 Å². The van der Waals surface area contributed by atoms with Crippen LogP contribution in [0, 0.1) is 0 Å². The highest BCUT2D eigenvalue weighted by atomic mass is 31.2. The lowest BCUT2D eigenvalue weighted by Crippen LogP contribution is -2.23. The SMILES string of the molecule is C=C(CP(=O)(OC)OC)C(=O)OCCNCCCC. The Balaban J connectivity index is 3.89. The van der Waals surface area contributed by atoms with Crippen LogP contribution in [-0.2, 0) is 23.1 Å². The third kappa shape index (κ3) is 8.16. The summed E-state index contributed by atoms with van der Waals surface area (Å²) >= 11 is 0. The molecule has 0 aromatic heterocycles. The zero-order chi connectivity index (χ0) is 14.7. The van der Waals surface area contributed by atoms with Gasteiger partial charge in [0.05, 0.1) is 6.16 Å². The molecule has 0 atom stereocenters. The van der Waals surface area contributed by atoms with Crippen molar-refractivity contribution in [3.8, 4) is 0 Å². The number of rotatable bonds is 11. The average Bonchev–Trinajstić information content (AvgIpc) is 2.42. The number of carbonyl (C=O) groups excluding carboxylic acids is 1. The molecule has 112 valence electrons. The molecule has 0 unspecified atom stereocenters. The summed E-state index contributed by atoms with van der Waals surface area (Å²) in [5.41, 5.74) is 0.0839. The molecule has 0 saturated carbocycles. The zero-order valence-corrected chi connectivity index (χ0v) is 12.8. The number of carbonyl (C=O) groups is 1. The molecule has 6 nitrogen and oxygen atoms in total. The van der Waals surface area contributed by atoms with Gasteiger partial charge in [0.25, 0.3) is 0 Å². The lowest BCUT2D eigenvalue weighted by molar-refractivity contribution is -0.138. The molecule has 1 N–H and O–H groups in total. The van der Waals surface area contributed by atoms with Crippen molar-refractivity contribution in [2.24, 2.45) is 0 Å². The van der Waals surface area contributed by atoms with Crippen LogP contribution in [0.15, 0.2) is 12.2 Å². The summed E-state index contributed by atoms with van der Waals surface area (Å²) in [5.74, 6) is -0.577. The number of esters is 1. The average molecular weight is 293 g/mol. The van der Waals surface area contributed by atoms with Gasteiger partial charge in [0.1, 0.15) is 6.61 Å². The molecule has 0 bridgehead atoms. The normalized spacial score (nSPS) is 11.3. The molecule has 19 heavy (non-hydrogen) atoms. The molecule has 0 fully saturated rings. The lowest BCUT2D eigenvalue weighted by atomic mass is 10.3. The van der Waals surface area contributed by atoms with Crippen LogP contribution in [0.1, 0.15) is 19.8 Å². The Morgan fingerprint density at radius 3 is 2.42 bits per heavy atom. The van der Waals surface area contributed by atoms with E-state index in [2.05, 4.69) is 18.8 Å². The molecule has 0 heterocycles. The molecule has 0 radical (unpaired) electrons. The maximum Gasteiger partial charge on any atom is 0.334 e. The smallest absolute Gasteiger partial charge is 0.334 e. The van der Waals surface area contributed by atoms with Gasteiger partial charge in [0.2, 0.25) is 0 Å². The van der Waals surface area contributed by atoms with Gasteiger partial charge < -0.3 is 19.1 Å². The van der Waals surface area contributed by atoms with Crippen LogP contribution in [-0.4, -0.2) is 46.0 Å². The molecule has 0 aromatic rings. The van der Waals surface area contributed by atoms with Crippen molar-refractivity contribution in [3.05, 3.63) is 12.2 Å². The first-order valence-corrected chi connectivity index (χ1v) is 7.98. The Labute approximate surface area is 115 Å². The van der Waals surface area contributed by atoms with Gasteiger partial charge in [-0.05, 0) is 13.0 Å². The van der Waals surface area contributed by atoms with E-state index in [0.29, 0.717) is 6.54 Å². The summed E-state index contributed by atoms with van der Waals surface area (Å²) in [6.07, 6.45) is 2.04. The van der Waals surface area contributed by atoms with Crippen LogP contribution in [0.5, 0.6) is 0 Å². The van der Waals surface area contributed by atoms with E-state index < -0.39 is 13.6 Å². The summed E-state index contributed by atoms with van der Waals surface area (Å²) in [7, 11) is -0.732. The zero-order valence-electron chi connectivity index (χ0n) is 11.9. The Kier molecular flexibility index (Phi) is 9.79. The molecule has 0 spiro atoms. The Hall–Kier alpha value is -0.680. The van der Waals surface area contributed by atoms with Crippen molar-refractivity contribution in [1.82, 2.24) is 5.32 Å². The van der Waals surface area contributed by atoms with E-state index in [1.807, 2.05) is 0 Å². The summed E-state index contributed by atoms with van der Waals surface area (Å²) in [6, 6.07) is 0. The van der Waals surface area contributed by atoms with Crippen LogP contribution in [0.4, 0.5) is 0 Å². The van der Waals surface area contributed by atoms with E-state index in [9.17, 15) is 9.36 Å². The largest absolute Gasteiger partial charge is 0.461 e. The number of unbranched alkanes of at least 4 members (excludes halogenated alkanes) is 1. The highest BCUT2D eigenvalue weighted by molar-refractivity contribution is 7.54. The van der Waals surface area contributed by atoms with Crippen LogP contribution >= 0.6 is 7.60 Å². The molecule has 0 rings (SSSR count). The van der Waals surface area contributed by atoms with Gasteiger partial charge in [0, 0.05) is 26.3 Å². The molecular weight excluding hydrogens is 269 g/mol. The predicted octanol–water partition coefficient (Wildman–Crippen LogP) is 1.96. The minimum absolute atomic E-state index is 0.0839. The number of ether oxygens (including phenoxy) is 1. The first kappa shape index (κ1) is 18.3. The maximum atomic E-state index is 11.8. The summed E-state index contributed by atoms with van der Waals surface area (Å²) in [4.78, 5) is 11.6. The first-order valence-electron chi connectivity index (χ1n) is 6.25. The van der Waals surface area contributed by atoms with Crippen molar-refractivity contribution in [3.63, 3.8) is 0 Å².